The van der Waals surface area contributed by atoms with Crippen LogP contribution in [-0.2, 0) is 10.2 Å². The second-order valence-electron chi connectivity index (χ2n) is 4.27. The summed E-state index contributed by atoms with van der Waals surface area (Å²) in [7, 11) is 1.40. The van der Waals surface area contributed by atoms with Crippen molar-refractivity contribution >= 4 is 17.6 Å². The Morgan fingerprint density at radius 1 is 1.59 bits per heavy atom. The highest BCUT2D eigenvalue weighted by Gasteiger charge is 2.54. The molecule has 0 saturated heterocycles. The zero-order valence-corrected chi connectivity index (χ0v) is 10.3. The first kappa shape index (κ1) is 12.2. The molecule has 0 spiro atoms. The second-order valence-corrected chi connectivity index (χ2v) is 4.67. The van der Waals surface area contributed by atoms with Crippen LogP contribution in [-0.4, -0.2) is 18.2 Å². The van der Waals surface area contributed by atoms with E-state index < -0.39 is 17.2 Å². The Labute approximate surface area is 103 Å². The fourth-order valence-electron chi connectivity index (χ4n) is 2.08. The molecular formula is C12H12ClFO3. The van der Waals surface area contributed by atoms with E-state index in [9.17, 15) is 14.3 Å². The third-order valence-electron chi connectivity index (χ3n) is 3.27. The average Bonchev–Trinajstić information content (AvgIpc) is 3.06. The number of hydrogen-bond donors (Lipinski definition) is 1. The number of carboxylic acid groups (broad SMARTS) is 1. The van der Waals surface area contributed by atoms with Crippen molar-refractivity contribution in [3.05, 3.63) is 28.0 Å². The standard InChI is InChI=1S/C12H12ClFO3/c1-6-9(14)8(13)5-7(10(6)17-2)12(3-4-12)11(15)16/h5H,3-4H2,1-2H3,(H,15,16). The van der Waals surface area contributed by atoms with Crippen molar-refractivity contribution in [1.82, 2.24) is 0 Å². The van der Waals surface area contributed by atoms with Gasteiger partial charge in [0, 0.05) is 11.1 Å². The number of hydrogen-bond acceptors (Lipinski definition) is 2. The van der Waals surface area contributed by atoms with Crippen molar-refractivity contribution in [2.45, 2.75) is 25.2 Å². The number of carboxylic acids is 1. The highest BCUT2D eigenvalue weighted by molar-refractivity contribution is 6.31. The first-order chi connectivity index (χ1) is 7.94. The van der Waals surface area contributed by atoms with Gasteiger partial charge in [-0.1, -0.05) is 11.6 Å². The molecule has 0 amide bonds. The highest BCUT2D eigenvalue weighted by atomic mass is 35.5. The van der Waals surface area contributed by atoms with Gasteiger partial charge in [-0.2, -0.15) is 0 Å². The summed E-state index contributed by atoms with van der Waals surface area (Å²) in [6.07, 6.45) is 1.06. The van der Waals surface area contributed by atoms with Crippen LogP contribution >= 0.6 is 11.6 Å². The molecule has 17 heavy (non-hydrogen) atoms. The maximum atomic E-state index is 13.6. The summed E-state index contributed by atoms with van der Waals surface area (Å²) in [5, 5.41) is 9.17. The van der Waals surface area contributed by atoms with E-state index in [2.05, 4.69) is 0 Å². The van der Waals surface area contributed by atoms with Crippen molar-refractivity contribution < 1.29 is 19.0 Å². The van der Waals surface area contributed by atoms with Crippen molar-refractivity contribution in [1.29, 1.82) is 0 Å². The van der Waals surface area contributed by atoms with Crippen LogP contribution in [0.3, 0.4) is 0 Å². The molecule has 1 N–H and O–H groups in total. The van der Waals surface area contributed by atoms with Gasteiger partial charge in [-0.25, -0.2) is 4.39 Å². The molecule has 0 aliphatic heterocycles. The average molecular weight is 259 g/mol. The fourth-order valence-corrected chi connectivity index (χ4v) is 2.33. The zero-order chi connectivity index (χ0) is 12.8. The summed E-state index contributed by atoms with van der Waals surface area (Å²) < 4.78 is 18.7. The minimum atomic E-state index is -0.951. The van der Waals surface area contributed by atoms with E-state index in [0.29, 0.717) is 18.4 Å². The van der Waals surface area contributed by atoms with E-state index in [4.69, 9.17) is 16.3 Å². The summed E-state index contributed by atoms with van der Waals surface area (Å²) in [6, 6.07) is 1.36. The Balaban J connectivity index is 2.66. The van der Waals surface area contributed by atoms with Gasteiger partial charge in [0.15, 0.2) is 0 Å². The lowest BCUT2D eigenvalue weighted by Gasteiger charge is -2.18. The summed E-state index contributed by atoms with van der Waals surface area (Å²) >= 11 is 5.76. The molecule has 1 saturated carbocycles. The summed E-state index contributed by atoms with van der Waals surface area (Å²) in [6.45, 7) is 1.53. The minimum absolute atomic E-state index is 0.0641. The molecule has 0 heterocycles. The number of halogens is 2. The number of methoxy groups -OCH3 is 1. The lowest BCUT2D eigenvalue weighted by molar-refractivity contribution is -0.140. The molecule has 1 aromatic rings. The van der Waals surface area contributed by atoms with Crippen LogP contribution < -0.4 is 4.74 Å². The molecule has 0 aromatic heterocycles. The van der Waals surface area contributed by atoms with Crippen LogP contribution in [0, 0.1) is 12.7 Å². The van der Waals surface area contributed by atoms with E-state index in [0.717, 1.165) is 0 Å². The molecule has 0 unspecified atom stereocenters. The first-order valence-corrected chi connectivity index (χ1v) is 5.58. The van der Waals surface area contributed by atoms with Crippen LogP contribution in [0.25, 0.3) is 0 Å². The monoisotopic (exact) mass is 258 g/mol. The van der Waals surface area contributed by atoms with Gasteiger partial charge in [-0.3, -0.25) is 4.79 Å². The van der Waals surface area contributed by atoms with Crippen LogP contribution in [0.1, 0.15) is 24.0 Å². The van der Waals surface area contributed by atoms with Crippen molar-refractivity contribution in [3.8, 4) is 5.75 Å². The third-order valence-corrected chi connectivity index (χ3v) is 3.55. The number of carbonyl (C=O) groups is 1. The SMILES string of the molecule is COc1c(C2(C(=O)O)CC2)cc(Cl)c(F)c1C. The Bertz CT molecular complexity index is 495. The predicted octanol–water partition coefficient (Wildman–Crippen LogP) is 2.91. The summed E-state index contributed by atoms with van der Waals surface area (Å²) in [4.78, 5) is 11.3. The molecule has 92 valence electrons. The Hall–Kier alpha value is -1.29. The van der Waals surface area contributed by atoms with Crippen LogP contribution in [0.5, 0.6) is 5.75 Å². The molecule has 0 radical (unpaired) electrons. The van der Waals surface area contributed by atoms with Gasteiger partial charge in [0.1, 0.15) is 11.6 Å². The molecule has 0 bridgehead atoms. The summed E-state index contributed by atoms with van der Waals surface area (Å²) in [5.41, 5.74) is -0.230. The lowest BCUT2D eigenvalue weighted by Crippen LogP contribution is -2.21. The molecule has 1 fully saturated rings. The van der Waals surface area contributed by atoms with Crippen molar-refractivity contribution in [2.75, 3.05) is 7.11 Å². The zero-order valence-electron chi connectivity index (χ0n) is 9.51. The van der Waals surface area contributed by atoms with Crippen LogP contribution in [0.2, 0.25) is 5.02 Å². The summed E-state index contributed by atoms with van der Waals surface area (Å²) in [5.74, 6) is -1.20. The Morgan fingerprint density at radius 2 is 2.18 bits per heavy atom. The maximum Gasteiger partial charge on any atom is 0.314 e. The smallest absolute Gasteiger partial charge is 0.314 e. The largest absolute Gasteiger partial charge is 0.496 e. The van der Waals surface area contributed by atoms with Crippen LogP contribution in [0.15, 0.2) is 6.07 Å². The molecular weight excluding hydrogens is 247 g/mol. The highest BCUT2D eigenvalue weighted by Crippen LogP contribution is 2.53. The molecule has 1 aliphatic rings. The number of rotatable bonds is 3. The van der Waals surface area contributed by atoms with Gasteiger partial charge in [-0.05, 0) is 25.8 Å². The number of aliphatic carboxylic acids is 1. The Kier molecular flexibility index (Phi) is 2.78. The Morgan fingerprint density at radius 3 is 2.59 bits per heavy atom. The van der Waals surface area contributed by atoms with E-state index in [1.807, 2.05) is 0 Å². The minimum Gasteiger partial charge on any atom is -0.496 e. The van der Waals surface area contributed by atoms with Gasteiger partial charge in [0.25, 0.3) is 0 Å². The van der Waals surface area contributed by atoms with Gasteiger partial charge in [0.2, 0.25) is 0 Å². The first-order valence-electron chi connectivity index (χ1n) is 5.20. The van der Waals surface area contributed by atoms with Crippen molar-refractivity contribution in [3.63, 3.8) is 0 Å². The normalized spacial score (nSPS) is 16.7. The maximum absolute atomic E-state index is 13.6. The van der Waals surface area contributed by atoms with E-state index in [1.165, 1.54) is 20.1 Å². The van der Waals surface area contributed by atoms with Crippen molar-refractivity contribution in [2.24, 2.45) is 0 Å². The second kappa shape index (κ2) is 3.88. The predicted molar refractivity (Wildman–Crippen MR) is 61.2 cm³/mol. The van der Waals surface area contributed by atoms with E-state index in [1.54, 1.807) is 0 Å². The topological polar surface area (TPSA) is 46.5 Å². The lowest BCUT2D eigenvalue weighted by atomic mass is 9.93. The van der Waals surface area contributed by atoms with Gasteiger partial charge >= 0.3 is 5.97 Å². The number of benzene rings is 1. The molecule has 2 rings (SSSR count). The molecule has 1 aliphatic carbocycles. The molecule has 3 nitrogen and oxygen atoms in total. The quantitative estimate of drug-likeness (QED) is 0.907. The van der Waals surface area contributed by atoms with Gasteiger partial charge < -0.3 is 9.84 Å². The third kappa shape index (κ3) is 1.67. The fraction of sp³-hybridized carbons (Fsp3) is 0.417. The molecule has 1 aromatic carbocycles. The number of ether oxygens (including phenoxy) is 1. The van der Waals surface area contributed by atoms with Gasteiger partial charge in [0.05, 0.1) is 17.5 Å². The van der Waals surface area contributed by atoms with E-state index in [-0.39, 0.29) is 16.3 Å². The molecule has 0 atom stereocenters. The van der Waals surface area contributed by atoms with E-state index >= 15 is 0 Å². The molecule has 5 heteroatoms. The van der Waals surface area contributed by atoms with Crippen LogP contribution in [0.4, 0.5) is 4.39 Å². The van der Waals surface area contributed by atoms with Gasteiger partial charge in [-0.15, -0.1) is 0 Å².